The number of halogens is 2. The summed E-state index contributed by atoms with van der Waals surface area (Å²) in [5, 5.41) is 3.13. The number of anilines is 1. The van der Waals surface area contributed by atoms with Crippen LogP contribution in [0.25, 0.3) is 0 Å². The molecule has 114 valence electrons. The number of aromatic nitrogens is 1. The molecule has 1 amide bonds. The topological polar surface area (TPSA) is 88.3 Å². The zero-order chi connectivity index (χ0) is 16.1. The van der Waals surface area contributed by atoms with Crippen molar-refractivity contribution >= 4 is 40.8 Å². The molecular weight excluding hydrogens is 331 g/mol. The lowest BCUT2D eigenvalue weighted by molar-refractivity contribution is -0.119. The van der Waals surface area contributed by atoms with Gasteiger partial charge in [0, 0.05) is 11.9 Å². The van der Waals surface area contributed by atoms with E-state index in [1.807, 2.05) is 0 Å². The third-order valence-corrected chi connectivity index (χ3v) is 3.31. The van der Waals surface area contributed by atoms with E-state index in [-0.39, 0.29) is 10.6 Å². The largest absolute Gasteiger partial charge is 0.452 e. The van der Waals surface area contributed by atoms with Crippen LogP contribution in [0.2, 0.25) is 10.0 Å². The van der Waals surface area contributed by atoms with Gasteiger partial charge in [-0.1, -0.05) is 23.2 Å². The highest BCUT2D eigenvalue weighted by Crippen LogP contribution is 2.24. The van der Waals surface area contributed by atoms with Crippen LogP contribution >= 0.6 is 23.2 Å². The molecule has 22 heavy (non-hydrogen) atoms. The van der Waals surface area contributed by atoms with E-state index in [1.165, 1.54) is 30.5 Å². The number of H-pyrrole nitrogens is 1. The standard InChI is InChI=1S/C14H10Cl2N2O4/c15-10-4-3-8(6-11(10)16)18-12(19)7-22-14(21)9-2-1-5-17-13(9)20/h1-6H,7H2,(H,17,20)(H,18,19). The summed E-state index contributed by atoms with van der Waals surface area (Å²) in [4.78, 5) is 37.1. The van der Waals surface area contributed by atoms with Crippen molar-refractivity contribution in [3.8, 4) is 0 Å². The molecule has 0 atom stereocenters. The zero-order valence-electron chi connectivity index (χ0n) is 11.1. The summed E-state index contributed by atoms with van der Waals surface area (Å²) in [7, 11) is 0. The number of amides is 1. The summed E-state index contributed by atoms with van der Waals surface area (Å²) in [6.45, 7) is -0.534. The first-order valence-corrected chi connectivity index (χ1v) is 6.82. The lowest BCUT2D eigenvalue weighted by Gasteiger charge is -2.07. The van der Waals surface area contributed by atoms with Gasteiger partial charge in [-0.15, -0.1) is 0 Å². The number of aromatic amines is 1. The molecule has 2 rings (SSSR count). The molecule has 0 spiro atoms. The van der Waals surface area contributed by atoms with Crippen molar-refractivity contribution in [3.05, 3.63) is 62.5 Å². The molecule has 0 aliphatic carbocycles. The van der Waals surface area contributed by atoms with Crippen molar-refractivity contribution in [3.63, 3.8) is 0 Å². The van der Waals surface area contributed by atoms with E-state index in [0.29, 0.717) is 10.7 Å². The molecule has 1 heterocycles. The molecule has 1 aromatic heterocycles. The van der Waals surface area contributed by atoms with Crippen LogP contribution in [0.4, 0.5) is 5.69 Å². The Hall–Kier alpha value is -2.31. The Balaban J connectivity index is 1.93. The lowest BCUT2D eigenvalue weighted by Crippen LogP contribution is -2.24. The van der Waals surface area contributed by atoms with Crippen LogP contribution in [0.15, 0.2) is 41.3 Å². The molecule has 6 nitrogen and oxygen atoms in total. The third kappa shape index (κ3) is 4.09. The number of ether oxygens (including phenoxy) is 1. The number of carbonyl (C=O) groups excluding carboxylic acids is 2. The average Bonchev–Trinajstić information content (AvgIpc) is 2.49. The average molecular weight is 341 g/mol. The summed E-state index contributed by atoms with van der Waals surface area (Å²) in [6.07, 6.45) is 1.39. The Kier molecular flexibility index (Phi) is 5.19. The van der Waals surface area contributed by atoms with Crippen molar-refractivity contribution in [2.24, 2.45) is 0 Å². The first-order chi connectivity index (χ1) is 10.5. The molecule has 2 aromatic rings. The van der Waals surface area contributed by atoms with Crippen LogP contribution < -0.4 is 10.9 Å². The van der Waals surface area contributed by atoms with Gasteiger partial charge in [-0.3, -0.25) is 9.59 Å². The summed E-state index contributed by atoms with van der Waals surface area (Å²) >= 11 is 11.6. The molecule has 0 aliphatic rings. The predicted molar refractivity (Wildman–Crippen MR) is 82.4 cm³/mol. The Bertz CT molecular complexity index is 773. The first-order valence-electron chi connectivity index (χ1n) is 6.07. The van der Waals surface area contributed by atoms with Gasteiger partial charge in [-0.25, -0.2) is 4.79 Å². The Morgan fingerprint density at radius 2 is 1.95 bits per heavy atom. The summed E-state index contributed by atoms with van der Waals surface area (Å²) in [5.74, 6) is -1.45. The second kappa shape index (κ2) is 7.11. The highest BCUT2D eigenvalue weighted by molar-refractivity contribution is 6.42. The van der Waals surface area contributed by atoms with Gasteiger partial charge in [-0.2, -0.15) is 0 Å². The minimum absolute atomic E-state index is 0.176. The number of carbonyl (C=O) groups is 2. The fourth-order valence-corrected chi connectivity index (χ4v) is 1.86. The maximum absolute atomic E-state index is 11.7. The summed E-state index contributed by atoms with van der Waals surface area (Å²) < 4.78 is 4.77. The third-order valence-electron chi connectivity index (χ3n) is 2.58. The van der Waals surface area contributed by atoms with Crippen molar-refractivity contribution in [1.29, 1.82) is 0 Å². The van der Waals surface area contributed by atoms with Gasteiger partial charge in [0.1, 0.15) is 5.56 Å². The number of rotatable bonds is 4. The van der Waals surface area contributed by atoms with Crippen LogP contribution in [-0.4, -0.2) is 23.5 Å². The van der Waals surface area contributed by atoms with Crippen molar-refractivity contribution in [2.75, 3.05) is 11.9 Å². The number of benzene rings is 1. The van der Waals surface area contributed by atoms with E-state index in [9.17, 15) is 14.4 Å². The second-order valence-electron chi connectivity index (χ2n) is 4.17. The van der Waals surface area contributed by atoms with E-state index < -0.39 is 24.0 Å². The second-order valence-corrected chi connectivity index (χ2v) is 4.98. The number of pyridine rings is 1. The molecule has 0 radical (unpaired) electrons. The van der Waals surface area contributed by atoms with Gasteiger partial charge in [0.15, 0.2) is 6.61 Å². The van der Waals surface area contributed by atoms with E-state index in [1.54, 1.807) is 6.07 Å². The molecular formula is C14H10Cl2N2O4. The quantitative estimate of drug-likeness (QED) is 0.837. The molecule has 8 heteroatoms. The minimum atomic E-state index is -0.883. The van der Waals surface area contributed by atoms with Crippen molar-refractivity contribution < 1.29 is 14.3 Å². The Labute approximate surface area is 135 Å². The van der Waals surface area contributed by atoms with Gasteiger partial charge in [0.05, 0.1) is 10.0 Å². The van der Waals surface area contributed by atoms with Gasteiger partial charge in [0.25, 0.3) is 11.5 Å². The van der Waals surface area contributed by atoms with Gasteiger partial charge in [-0.05, 0) is 30.3 Å². The number of hydrogen-bond acceptors (Lipinski definition) is 4. The molecule has 0 aliphatic heterocycles. The number of hydrogen-bond donors (Lipinski definition) is 2. The molecule has 1 aromatic carbocycles. The van der Waals surface area contributed by atoms with E-state index in [0.717, 1.165) is 0 Å². The first kappa shape index (κ1) is 16.1. The number of esters is 1. The Morgan fingerprint density at radius 1 is 1.18 bits per heavy atom. The van der Waals surface area contributed by atoms with E-state index >= 15 is 0 Å². The van der Waals surface area contributed by atoms with Gasteiger partial charge < -0.3 is 15.0 Å². The monoisotopic (exact) mass is 340 g/mol. The van der Waals surface area contributed by atoms with Crippen LogP contribution in [0.1, 0.15) is 10.4 Å². The fraction of sp³-hybridized carbons (Fsp3) is 0.0714. The molecule has 0 unspecified atom stereocenters. The van der Waals surface area contributed by atoms with Gasteiger partial charge in [0.2, 0.25) is 0 Å². The minimum Gasteiger partial charge on any atom is -0.452 e. The normalized spacial score (nSPS) is 10.1. The fourth-order valence-electron chi connectivity index (χ4n) is 1.56. The van der Waals surface area contributed by atoms with Crippen LogP contribution in [0.5, 0.6) is 0 Å². The predicted octanol–water partition coefficient (Wildman–Crippen LogP) is 2.48. The molecule has 0 saturated heterocycles. The SMILES string of the molecule is O=C(COC(=O)c1ccc[nH]c1=O)Nc1ccc(Cl)c(Cl)c1. The molecule has 0 bridgehead atoms. The van der Waals surface area contributed by atoms with Crippen molar-refractivity contribution in [1.82, 2.24) is 4.98 Å². The lowest BCUT2D eigenvalue weighted by atomic mass is 10.3. The highest BCUT2D eigenvalue weighted by atomic mass is 35.5. The molecule has 0 fully saturated rings. The smallest absolute Gasteiger partial charge is 0.344 e. The van der Waals surface area contributed by atoms with Crippen molar-refractivity contribution in [2.45, 2.75) is 0 Å². The summed E-state index contributed by atoms with van der Waals surface area (Å²) in [5.41, 5.74) is -0.352. The van der Waals surface area contributed by atoms with Crippen LogP contribution in [0, 0.1) is 0 Å². The van der Waals surface area contributed by atoms with Crippen LogP contribution in [-0.2, 0) is 9.53 Å². The summed E-state index contributed by atoms with van der Waals surface area (Å²) in [6, 6.07) is 7.32. The Morgan fingerprint density at radius 3 is 2.64 bits per heavy atom. The maximum atomic E-state index is 11.7. The van der Waals surface area contributed by atoms with E-state index in [4.69, 9.17) is 27.9 Å². The zero-order valence-corrected chi connectivity index (χ0v) is 12.6. The maximum Gasteiger partial charge on any atom is 0.344 e. The number of nitrogens with one attached hydrogen (secondary N) is 2. The van der Waals surface area contributed by atoms with E-state index in [2.05, 4.69) is 10.3 Å². The molecule has 2 N–H and O–H groups in total. The highest BCUT2D eigenvalue weighted by Gasteiger charge is 2.13. The van der Waals surface area contributed by atoms with Gasteiger partial charge >= 0.3 is 5.97 Å². The molecule has 0 saturated carbocycles. The van der Waals surface area contributed by atoms with Crippen LogP contribution in [0.3, 0.4) is 0 Å².